The van der Waals surface area contributed by atoms with Gasteiger partial charge in [-0.25, -0.2) is 26.7 Å². The van der Waals surface area contributed by atoms with Crippen LogP contribution in [-0.2, 0) is 25.8 Å². The highest BCUT2D eigenvalue weighted by molar-refractivity contribution is 7.89. The van der Waals surface area contributed by atoms with E-state index in [2.05, 4.69) is 0 Å². The van der Waals surface area contributed by atoms with Gasteiger partial charge >= 0.3 is 0 Å². The lowest BCUT2D eigenvalue weighted by Crippen LogP contribution is -2.31. The number of benzene rings is 2. The van der Waals surface area contributed by atoms with Crippen molar-refractivity contribution >= 4 is 31.7 Å². The number of rotatable bonds is 6. The van der Waals surface area contributed by atoms with Crippen molar-refractivity contribution in [3.05, 3.63) is 65.2 Å². The summed E-state index contributed by atoms with van der Waals surface area (Å²) in [6.45, 7) is 1.36. The predicted molar refractivity (Wildman–Crippen MR) is 94.4 cm³/mol. The van der Waals surface area contributed by atoms with Gasteiger partial charge in [0, 0.05) is 11.1 Å². The molecule has 10 heteroatoms. The molecule has 0 fully saturated rings. The highest BCUT2D eigenvalue weighted by Crippen LogP contribution is 2.12. The highest BCUT2D eigenvalue weighted by atomic mass is 32.2. The maximum atomic E-state index is 12.2. The van der Waals surface area contributed by atoms with Crippen molar-refractivity contribution in [3.8, 4) is 0 Å². The van der Waals surface area contributed by atoms with Gasteiger partial charge in [-0.1, -0.05) is 24.3 Å². The zero-order valence-electron chi connectivity index (χ0n) is 13.7. The average molecular weight is 396 g/mol. The fraction of sp³-hybridized carbons (Fsp3) is 0.125. The molecule has 8 nitrogen and oxygen atoms in total. The Morgan fingerprint density at radius 2 is 1.58 bits per heavy atom. The summed E-state index contributed by atoms with van der Waals surface area (Å²) < 4.78 is 48.9. The molecule has 0 saturated heterocycles. The molecule has 26 heavy (non-hydrogen) atoms. The van der Waals surface area contributed by atoms with E-state index in [-0.39, 0.29) is 16.2 Å². The van der Waals surface area contributed by atoms with Gasteiger partial charge in [-0.3, -0.25) is 9.59 Å². The molecule has 0 aliphatic carbocycles. The number of ketones is 1. The number of amides is 1. The minimum atomic E-state index is -4.06. The predicted octanol–water partition coefficient (Wildman–Crippen LogP) is 0.796. The largest absolute Gasteiger partial charge is 0.295 e. The van der Waals surface area contributed by atoms with E-state index >= 15 is 0 Å². The Hall–Kier alpha value is -2.56. The second kappa shape index (κ2) is 7.36. The molecule has 0 aromatic heterocycles. The summed E-state index contributed by atoms with van der Waals surface area (Å²) in [6, 6.07) is 10.7. The van der Waals surface area contributed by atoms with Crippen LogP contribution in [0.3, 0.4) is 0 Å². The number of hydrogen-bond donors (Lipinski definition) is 2. The number of sulfonamides is 2. The van der Waals surface area contributed by atoms with Crippen molar-refractivity contribution in [1.29, 1.82) is 0 Å². The summed E-state index contributed by atoms with van der Waals surface area (Å²) in [5.74, 6) is -1.72. The fourth-order valence-electron chi connectivity index (χ4n) is 2.15. The summed E-state index contributed by atoms with van der Waals surface area (Å²) in [5.41, 5.74) is 0.513. The van der Waals surface area contributed by atoms with E-state index in [4.69, 9.17) is 5.14 Å². The number of hydrogen-bond acceptors (Lipinski definition) is 6. The van der Waals surface area contributed by atoms with E-state index in [0.29, 0.717) is 11.1 Å². The Labute approximate surface area is 151 Å². The number of primary sulfonamides is 1. The summed E-state index contributed by atoms with van der Waals surface area (Å²) in [7, 11) is -8.09. The van der Waals surface area contributed by atoms with Crippen molar-refractivity contribution < 1.29 is 26.4 Å². The third-order valence-corrected chi connectivity index (χ3v) is 5.48. The normalized spacial score (nSPS) is 11.8. The van der Waals surface area contributed by atoms with Gasteiger partial charge < -0.3 is 0 Å². The summed E-state index contributed by atoms with van der Waals surface area (Å²) in [6.07, 6.45) is 0. The Morgan fingerprint density at radius 3 is 2.19 bits per heavy atom. The number of Topliss-reactive ketones (excluding diaryl/α,β-unsaturated/α-hetero) is 1. The molecule has 0 radical (unpaired) electrons. The van der Waals surface area contributed by atoms with Crippen LogP contribution in [0.15, 0.2) is 53.4 Å². The standard InChI is InChI=1S/C16H16N2O6S2/c1-11(19)13-5-2-4-12(8-13)10-25(21,22)18-16(20)14-6-3-7-15(9-14)26(17,23)24/h2-9H,10H2,1H3,(H,18,20)(H2,17,23,24). The molecule has 0 heterocycles. The average Bonchev–Trinajstić information content (AvgIpc) is 2.53. The van der Waals surface area contributed by atoms with Gasteiger partial charge in [0.05, 0.1) is 10.6 Å². The monoisotopic (exact) mass is 396 g/mol. The molecule has 138 valence electrons. The molecular weight excluding hydrogens is 380 g/mol. The maximum absolute atomic E-state index is 12.2. The lowest BCUT2D eigenvalue weighted by atomic mass is 10.1. The van der Waals surface area contributed by atoms with Crippen LogP contribution < -0.4 is 9.86 Å². The summed E-state index contributed by atoms with van der Waals surface area (Å²) >= 11 is 0. The number of nitrogens with two attached hydrogens (primary N) is 1. The van der Waals surface area contributed by atoms with Crippen LogP contribution in [0.1, 0.15) is 33.2 Å². The van der Waals surface area contributed by atoms with Crippen LogP contribution in [0.5, 0.6) is 0 Å². The first-order valence-electron chi connectivity index (χ1n) is 7.25. The van der Waals surface area contributed by atoms with E-state index in [1.165, 1.54) is 37.3 Å². The van der Waals surface area contributed by atoms with Gasteiger partial charge in [-0.2, -0.15) is 0 Å². The molecule has 0 bridgehead atoms. The fourth-order valence-corrected chi connectivity index (χ4v) is 3.80. The zero-order chi connectivity index (χ0) is 19.5. The maximum Gasteiger partial charge on any atom is 0.264 e. The second-order valence-corrected chi connectivity index (χ2v) is 8.80. The molecule has 0 spiro atoms. The molecule has 3 N–H and O–H groups in total. The molecule has 0 saturated carbocycles. The first-order valence-corrected chi connectivity index (χ1v) is 10.5. The topological polar surface area (TPSA) is 140 Å². The Kier molecular flexibility index (Phi) is 5.59. The van der Waals surface area contributed by atoms with Crippen LogP contribution in [0.2, 0.25) is 0 Å². The molecule has 2 rings (SSSR count). The van der Waals surface area contributed by atoms with Crippen molar-refractivity contribution in [2.45, 2.75) is 17.6 Å². The van der Waals surface area contributed by atoms with Crippen LogP contribution in [0.25, 0.3) is 0 Å². The third kappa shape index (κ3) is 5.22. The minimum Gasteiger partial charge on any atom is -0.295 e. The first kappa shape index (κ1) is 19.8. The Bertz CT molecular complexity index is 1080. The zero-order valence-corrected chi connectivity index (χ0v) is 15.3. The molecule has 1 amide bonds. The van der Waals surface area contributed by atoms with Crippen LogP contribution >= 0.6 is 0 Å². The summed E-state index contributed by atoms with van der Waals surface area (Å²) in [4.78, 5) is 23.2. The molecule has 0 aliphatic heterocycles. The Morgan fingerprint density at radius 1 is 0.962 bits per heavy atom. The van der Waals surface area contributed by atoms with Gasteiger partial charge in [0.2, 0.25) is 20.0 Å². The SMILES string of the molecule is CC(=O)c1cccc(CS(=O)(=O)NC(=O)c2cccc(S(N)(=O)=O)c2)c1. The van der Waals surface area contributed by atoms with E-state index in [9.17, 15) is 26.4 Å². The van der Waals surface area contributed by atoms with Crippen LogP contribution in [0, 0.1) is 0 Å². The molecule has 0 atom stereocenters. The summed E-state index contributed by atoms with van der Waals surface area (Å²) in [5, 5.41) is 4.99. The van der Waals surface area contributed by atoms with Gasteiger partial charge in [-0.05, 0) is 36.8 Å². The van der Waals surface area contributed by atoms with Gasteiger partial charge in [0.25, 0.3) is 5.91 Å². The van der Waals surface area contributed by atoms with Crippen molar-refractivity contribution in [3.63, 3.8) is 0 Å². The second-order valence-electron chi connectivity index (χ2n) is 5.52. The van der Waals surface area contributed by atoms with Gasteiger partial charge in [0.15, 0.2) is 5.78 Å². The molecular formula is C16H16N2O6S2. The smallest absolute Gasteiger partial charge is 0.264 e. The van der Waals surface area contributed by atoms with Crippen LogP contribution in [-0.4, -0.2) is 28.5 Å². The third-order valence-electron chi connectivity index (χ3n) is 3.36. The highest BCUT2D eigenvalue weighted by Gasteiger charge is 2.19. The quantitative estimate of drug-likeness (QED) is 0.692. The van der Waals surface area contributed by atoms with Crippen molar-refractivity contribution in [2.75, 3.05) is 0 Å². The van der Waals surface area contributed by atoms with E-state index in [1.54, 1.807) is 12.1 Å². The molecule has 0 aliphatic rings. The van der Waals surface area contributed by atoms with Crippen molar-refractivity contribution in [2.24, 2.45) is 5.14 Å². The lowest BCUT2D eigenvalue weighted by Gasteiger charge is -2.08. The van der Waals surface area contributed by atoms with Gasteiger partial charge in [0.1, 0.15) is 0 Å². The minimum absolute atomic E-state index is 0.169. The van der Waals surface area contributed by atoms with E-state index in [1.807, 2.05) is 4.72 Å². The lowest BCUT2D eigenvalue weighted by molar-refractivity contribution is 0.0979. The first-order chi connectivity index (χ1) is 12.0. The van der Waals surface area contributed by atoms with Crippen LogP contribution in [0.4, 0.5) is 0 Å². The molecule has 2 aromatic carbocycles. The van der Waals surface area contributed by atoms with E-state index in [0.717, 1.165) is 6.07 Å². The Balaban J connectivity index is 2.20. The number of carbonyl (C=O) groups excluding carboxylic acids is 2. The number of nitrogens with one attached hydrogen (secondary N) is 1. The van der Waals surface area contributed by atoms with Crippen molar-refractivity contribution in [1.82, 2.24) is 4.72 Å². The van der Waals surface area contributed by atoms with Gasteiger partial charge in [-0.15, -0.1) is 0 Å². The molecule has 2 aromatic rings. The number of carbonyl (C=O) groups is 2. The molecule has 0 unspecified atom stereocenters. The van der Waals surface area contributed by atoms with E-state index < -0.39 is 31.7 Å².